The molecule has 2 fully saturated rings. The molecule has 0 saturated heterocycles. The van der Waals surface area contributed by atoms with Crippen molar-refractivity contribution in [3.63, 3.8) is 0 Å². The van der Waals surface area contributed by atoms with Gasteiger partial charge in [-0.3, -0.25) is 0 Å². The molecule has 0 bridgehead atoms. The Morgan fingerprint density at radius 3 is 1.29 bits per heavy atom. The molecule has 2 aliphatic rings. The number of rotatable bonds is 2. The molecule has 0 heteroatoms. The first-order valence-corrected chi connectivity index (χ1v) is 6.06. The van der Waals surface area contributed by atoms with Gasteiger partial charge in [-0.05, 0) is 37.5 Å². The van der Waals surface area contributed by atoms with E-state index in [1.807, 2.05) is 0 Å². The third-order valence-corrected chi connectivity index (χ3v) is 2.96. The number of hydrogen-bond acceptors (Lipinski definition) is 0. The van der Waals surface area contributed by atoms with Crippen molar-refractivity contribution in [3.8, 4) is 0 Å². The van der Waals surface area contributed by atoms with Gasteiger partial charge in [0, 0.05) is 0 Å². The molecule has 2 atom stereocenters. The zero-order valence-corrected chi connectivity index (χ0v) is 10.1. The third-order valence-electron chi connectivity index (χ3n) is 2.96. The molecule has 0 nitrogen and oxygen atoms in total. The summed E-state index contributed by atoms with van der Waals surface area (Å²) in [5.74, 6) is 1.86. The van der Waals surface area contributed by atoms with E-state index in [1.165, 1.54) is 25.7 Å². The molecule has 0 aliphatic heterocycles. The molecule has 2 unspecified atom stereocenters. The van der Waals surface area contributed by atoms with Crippen LogP contribution in [0.4, 0.5) is 0 Å². The first-order chi connectivity index (χ1) is 6.69. The van der Waals surface area contributed by atoms with Crippen molar-refractivity contribution in [2.45, 2.75) is 53.4 Å². The maximum Gasteiger partial charge on any atom is -0.0194 e. The smallest absolute Gasteiger partial charge is 0.0194 e. The third kappa shape index (κ3) is 4.13. The SMILES string of the molecule is CCC=C1CC1C.CCC=C1CC1C. The molecule has 0 spiro atoms. The van der Waals surface area contributed by atoms with Crippen LogP contribution < -0.4 is 0 Å². The Labute approximate surface area is 89.1 Å². The number of hydrogen-bond donors (Lipinski definition) is 0. The van der Waals surface area contributed by atoms with Crippen LogP contribution in [0, 0.1) is 11.8 Å². The van der Waals surface area contributed by atoms with E-state index >= 15 is 0 Å². The fourth-order valence-corrected chi connectivity index (χ4v) is 1.68. The summed E-state index contributed by atoms with van der Waals surface area (Å²) in [5, 5.41) is 0. The molecule has 14 heavy (non-hydrogen) atoms. The minimum atomic E-state index is 0.931. The van der Waals surface area contributed by atoms with Gasteiger partial charge in [0.15, 0.2) is 0 Å². The molecule has 0 aromatic heterocycles. The minimum absolute atomic E-state index is 0.931. The molecule has 0 amide bonds. The Kier molecular flexibility index (Phi) is 4.44. The predicted molar refractivity (Wildman–Crippen MR) is 64.3 cm³/mol. The van der Waals surface area contributed by atoms with Crippen molar-refractivity contribution in [2.24, 2.45) is 11.8 Å². The molecular formula is C14H24. The van der Waals surface area contributed by atoms with Crippen molar-refractivity contribution in [1.82, 2.24) is 0 Å². The first kappa shape index (κ1) is 11.6. The van der Waals surface area contributed by atoms with Crippen LogP contribution in [0.1, 0.15) is 53.4 Å². The van der Waals surface area contributed by atoms with Crippen molar-refractivity contribution in [3.05, 3.63) is 23.3 Å². The lowest BCUT2D eigenvalue weighted by atomic mass is 10.4. The Hall–Kier alpha value is -0.520. The highest BCUT2D eigenvalue weighted by atomic mass is 14.3. The van der Waals surface area contributed by atoms with Gasteiger partial charge in [0.2, 0.25) is 0 Å². The van der Waals surface area contributed by atoms with Crippen molar-refractivity contribution < 1.29 is 0 Å². The van der Waals surface area contributed by atoms with Crippen LogP contribution >= 0.6 is 0 Å². The Morgan fingerprint density at radius 1 is 0.929 bits per heavy atom. The minimum Gasteiger partial charge on any atom is -0.0853 e. The summed E-state index contributed by atoms with van der Waals surface area (Å²) in [6.07, 6.45) is 9.86. The molecule has 80 valence electrons. The predicted octanol–water partition coefficient (Wildman–Crippen LogP) is 4.73. The van der Waals surface area contributed by atoms with Gasteiger partial charge in [0.25, 0.3) is 0 Å². The highest BCUT2D eigenvalue weighted by molar-refractivity contribution is 5.21. The lowest BCUT2D eigenvalue weighted by Gasteiger charge is -1.71. The van der Waals surface area contributed by atoms with Gasteiger partial charge >= 0.3 is 0 Å². The maximum atomic E-state index is 2.34. The largest absolute Gasteiger partial charge is 0.0853 e. The van der Waals surface area contributed by atoms with Gasteiger partial charge in [-0.15, -0.1) is 0 Å². The van der Waals surface area contributed by atoms with Gasteiger partial charge < -0.3 is 0 Å². The zero-order valence-electron chi connectivity index (χ0n) is 10.1. The molecule has 0 aromatic carbocycles. The fourth-order valence-electron chi connectivity index (χ4n) is 1.68. The van der Waals surface area contributed by atoms with Gasteiger partial charge in [0.05, 0.1) is 0 Å². The van der Waals surface area contributed by atoms with Crippen LogP contribution in [-0.4, -0.2) is 0 Å². The van der Waals surface area contributed by atoms with E-state index in [-0.39, 0.29) is 0 Å². The van der Waals surface area contributed by atoms with Crippen LogP contribution in [0.15, 0.2) is 23.3 Å². The second-order valence-corrected chi connectivity index (χ2v) is 4.58. The summed E-state index contributed by atoms with van der Waals surface area (Å²) in [7, 11) is 0. The van der Waals surface area contributed by atoms with E-state index < -0.39 is 0 Å². The lowest BCUT2D eigenvalue weighted by Crippen LogP contribution is -1.54. The second kappa shape index (κ2) is 5.38. The summed E-state index contributed by atoms with van der Waals surface area (Å²) >= 11 is 0. The van der Waals surface area contributed by atoms with Crippen molar-refractivity contribution in [1.29, 1.82) is 0 Å². The molecule has 0 aromatic rings. The highest BCUT2D eigenvalue weighted by Crippen LogP contribution is 2.37. The number of allylic oxidation sites excluding steroid dienone is 4. The van der Waals surface area contributed by atoms with Crippen LogP contribution in [0.25, 0.3) is 0 Å². The molecule has 0 N–H and O–H groups in total. The molecule has 0 radical (unpaired) electrons. The average molecular weight is 192 g/mol. The fraction of sp³-hybridized carbons (Fsp3) is 0.714. The maximum absolute atomic E-state index is 2.34. The second-order valence-electron chi connectivity index (χ2n) is 4.58. The normalized spacial score (nSPS) is 34.0. The van der Waals surface area contributed by atoms with E-state index in [0.717, 1.165) is 11.8 Å². The Morgan fingerprint density at radius 2 is 1.21 bits per heavy atom. The lowest BCUT2D eigenvalue weighted by molar-refractivity contribution is 1.01. The summed E-state index contributed by atoms with van der Waals surface area (Å²) in [4.78, 5) is 0. The first-order valence-electron chi connectivity index (χ1n) is 6.06. The quantitative estimate of drug-likeness (QED) is 0.555. The van der Waals surface area contributed by atoms with Crippen LogP contribution in [-0.2, 0) is 0 Å². The van der Waals surface area contributed by atoms with Crippen LogP contribution in [0.2, 0.25) is 0 Å². The molecule has 0 heterocycles. The van der Waals surface area contributed by atoms with Crippen molar-refractivity contribution >= 4 is 0 Å². The highest BCUT2D eigenvalue weighted by Gasteiger charge is 2.22. The summed E-state index contributed by atoms with van der Waals surface area (Å²) < 4.78 is 0. The summed E-state index contributed by atoms with van der Waals surface area (Å²) in [6.45, 7) is 8.94. The Bertz CT molecular complexity index is 206. The average Bonchev–Trinajstić information content (AvgIpc) is 2.99. The molecule has 2 saturated carbocycles. The zero-order chi connectivity index (χ0) is 10.6. The van der Waals surface area contributed by atoms with E-state index in [2.05, 4.69) is 39.8 Å². The molecular weight excluding hydrogens is 168 g/mol. The van der Waals surface area contributed by atoms with E-state index in [9.17, 15) is 0 Å². The van der Waals surface area contributed by atoms with Gasteiger partial charge in [-0.1, -0.05) is 51.0 Å². The van der Waals surface area contributed by atoms with Gasteiger partial charge in [-0.2, -0.15) is 0 Å². The topological polar surface area (TPSA) is 0 Å². The van der Waals surface area contributed by atoms with E-state index in [4.69, 9.17) is 0 Å². The summed E-state index contributed by atoms with van der Waals surface area (Å²) in [5.41, 5.74) is 3.34. The van der Waals surface area contributed by atoms with Crippen LogP contribution in [0.3, 0.4) is 0 Å². The van der Waals surface area contributed by atoms with E-state index in [0.29, 0.717) is 0 Å². The van der Waals surface area contributed by atoms with Crippen molar-refractivity contribution in [2.75, 3.05) is 0 Å². The van der Waals surface area contributed by atoms with Crippen LogP contribution in [0.5, 0.6) is 0 Å². The Balaban J connectivity index is 0.000000140. The molecule has 2 rings (SSSR count). The monoisotopic (exact) mass is 192 g/mol. The standard InChI is InChI=1S/2C7H12/c2*1-3-4-7-5-6(7)2/h2*4,6H,3,5H2,1-2H3. The van der Waals surface area contributed by atoms with Gasteiger partial charge in [0.1, 0.15) is 0 Å². The van der Waals surface area contributed by atoms with E-state index in [1.54, 1.807) is 11.1 Å². The molecule has 2 aliphatic carbocycles. The van der Waals surface area contributed by atoms with Gasteiger partial charge in [-0.25, -0.2) is 0 Å². The summed E-state index contributed by atoms with van der Waals surface area (Å²) in [6, 6.07) is 0.